The molecule has 1 aromatic carbocycles. The minimum atomic E-state index is -0.203. The van der Waals surface area contributed by atoms with Gasteiger partial charge in [-0.25, -0.2) is 4.39 Å². The highest BCUT2D eigenvalue weighted by Gasteiger charge is 2.10. The standard InChI is InChI=1S/C15H18FNO/c1-10(2)17-9-12-7-8-15(18-12)13-5-4-6-14(16)11(13)3/h4-8,10,17H,9H2,1-3H3. The van der Waals surface area contributed by atoms with Crippen LogP contribution >= 0.6 is 0 Å². The average molecular weight is 247 g/mol. The van der Waals surface area contributed by atoms with Gasteiger partial charge in [-0.15, -0.1) is 0 Å². The van der Waals surface area contributed by atoms with E-state index in [0.29, 0.717) is 23.9 Å². The molecule has 2 rings (SSSR count). The molecule has 0 aliphatic heterocycles. The Hall–Kier alpha value is -1.61. The first-order chi connectivity index (χ1) is 8.58. The summed E-state index contributed by atoms with van der Waals surface area (Å²) in [4.78, 5) is 0. The van der Waals surface area contributed by atoms with Crippen molar-refractivity contribution in [2.24, 2.45) is 0 Å². The van der Waals surface area contributed by atoms with Gasteiger partial charge in [-0.2, -0.15) is 0 Å². The Balaban J connectivity index is 2.21. The number of hydrogen-bond acceptors (Lipinski definition) is 2. The SMILES string of the molecule is Cc1c(F)cccc1-c1ccc(CNC(C)C)o1. The van der Waals surface area contributed by atoms with Gasteiger partial charge in [-0.05, 0) is 30.7 Å². The molecule has 1 aromatic heterocycles. The van der Waals surface area contributed by atoms with E-state index in [1.54, 1.807) is 13.0 Å². The number of hydrogen-bond donors (Lipinski definition) is 1. The van der Waals surface area contributed by atoms with E-state index in [1.165, 1.54) is 6.07 Å². The topological polar surface area (TPSA) is 25.2 Å². The van der Waals surface area contributed by atoms with Crippen molar-refractivity contribution >= 4 is 0 Å². The van der Waals surface area contributed by atoms with Crippen LogP contribution in [0, 0.1) is 12.7 Å². The van der Waals surface area contributed by atoms with Gasteiger partial charge >= 0.3 is 0 Å². The van der Waals surface area contributed by atoms with E-state index in [1.807, 2.05) is 18.2 Å². The van der Waals surface area contributed by atoms with Crippen LogP contribution in [0.1, 0.15) is 25.2 Å². The normalized spacial score (nSPS) is 11.2. The van der Waals surface area contributed by atoms with Crippen LogP contribution in [0.4, 0.5) is 4.39 Å². The molecule has 1 N–H and O–H groups in total. The Morgan fingerprint density at radius 1 is 1.22 bits per heavy atom. The van der Waals surface area contributed by atoms with Gasteiger partial charge in [0.05, 0.1) is 6.54 Å². The Morgan fingerprint density at radius 3 is 2.72 bits per heavy atom. The summed E-state index contributed by atoms with van der Waals surface area (Å²) >= 11 is 0. The van der Waals surface area contributed by atoms with Crippen LogP contribution < -0.4 is 5.32 Å². The van der Waals surface area contributed by atoms with Gasteiger partial charge in [-0.3, -0.25) is 0 Å². The molecule has 1 heterocycles. The molecule has 0 saturated carbocycles. The summed E-state index contributed by atoms with van der Waals surface area (Å²) in [5.74, 6) is 1.38. The zero-order valence-corrected chi connectivity index (χ0v) is 11.0. The summed E-state index contributed by atoms with van der Waals surface area (Å²) in [5, 5.41) is 3.28. The molecule has 0 saturated heterocycles. The van der Waals surface area contributed by atoms with Gasteiger partial charge in [0.1, 0.15) is 17.3 Å². The molecule has 0 spiro atoms. The van der Waals surface area contributed by atoms with Crippen molar-refractivity contribution in [2.45, 2.75) is 33.4 Å². The lowest BCUT2D eigenvalue weighted by atomic mass is 10.1. The summed E-state index contributed by atoms with van der Waals surface area (Å²) in [5.41, 5.74) is 1.43. The smallest absolute Gasteiger partial charge is 0.134 e. The van der Waals surface area contributed by atoms with Crippen molar-refractivity contribution < 1.29 is 8.81 Å². The summed E-state index contributed by atoms with van der Waals surface area (Å²) in [6.45, 7) is 6.62. The van der Waals surface area contributed by atoms with Crippen LogP contribution in [0.5, 0.6) is 0 Å². The van der Waals surface area contributed by atoms with Crippen molar-refractivity contribution in [1.82, 2.24) is 5.32 Å². The van der Waals surface area contributed by atoms with Crippen molar-refractivity contribution in [3.05, 3.63) is 47.5 Å². The Kier molecular flexibility index (Phi) is 3.82. The third kappa shape index (κ3) is 2.79. The first kappa shape index (κ1) is 12.8. The summed E-state index contributed by atoms with van der Waals surface area (Å²) in [7, 11) is 0. The van der Waals surface area contributed by atoms with E-state index < -0.39 is 0 Å². The number of nitrogens with one attached hydrogen (secondary N) is 1. The van der Waals surface area contributed by atoms with Gasteiger partial charge in [0, 0.05) is 11.6 Å². The summed E-state index contributed by atoms with van der Waals surface area (Å²) in [6, 6.07) is 9.26. The monoisotopic (exact) mass is 247 g/mol. The zero-order valence-electron chi connectivity index (χ0n) is 11.0. The first-order valence-corrected chi connectivity index (χ1v) is 6.15. The average Bonchev–Trinajstić information content (AvgIpc) is 2.78. The van der Waals surface area contributed by atoms with Gasteiger partial charge in [0.15, 0.2) is 0 Å². The van der Waals surface area contributed by atoms with E-state index >= 15 is 0 Å². The van der Waals surface area contributed by atoms with Gasteiger partial charge < -0.3 is 9.73 Å². The molecule has 0 bridgehead atoms. The zero-order chi connectivity index (χ0) is 13.1. The van der Waals surface area contributed by atoms with Crippen molar-refractivity contribution in [2.75, 3.05) is 0 Å². The maximum atomic E-state index is 13.5. The number of furan rings is 1. The second-order valence-electron chi connectivity index (χ2n) is 4.71. The van der Waals surface area contributed by atoms with E-state index in [9.17, 15) is 4.39 Å². The van der Waals surface area contributed by atoms with E-state index in [2.05, 4.69) is 19.2 Å². The summed E-state index contributed by atoms with van der Waals surface area (Å²) < 4.78 is 19.2. The lowest BCUT2D eigenvalue weighted by Gasteiger charge is -2.06. The van der Waals surface area contributed by atoms with Crippen LogP contribution in [0.3, 0.4) is 0 Å². The fourth-order valence-electron chi connectivity index (χ4n) is 1.80. The molecule has 2 aromatic rings. The maximum absolute atomic E-state index is 13.5. The van der Waals surface area contributed by atoms with Crippen LogP contribution in [0.2, 0.25) is 0 Å². The highest BCUT2D eigenvalue weighted by molar-refractivity contribution is 5.62. The van der Waals surface area contributed by atoms with E-state index in [4.69, 9.17) is 4.42 Å². The third-order valence-corrected chi connectivity index (χ3v) is 2.88. The van der Waals surface area contributed by atoms with Crippen molar-refractivity contribution in [1.29, 1.82) is 0 Å². The third-order valence-electron chi connectivity index (χ3n) is 2.88. The molecule has 0 aliphatic carbocycles. The Morgan fingerprint density at radius 2 is 2.00 bits per heavy atom. The molecule has 0 amide bonds. The minimum Gasteiger partial charge on any atom is -0.460 e. The molecular weight excluding hydrogens is 229 g/mol. The fourth-order valence-corrected chi connectivity index (χ4v) is 1.80. The molecule has 0 fully saturated rings. The molecule has 0 unspecified atom stereocenters. The second-order valence-corrected chi connectivity index (χ2v) is 4.71. The van der Waals surface area contributed by atoms with E-state index in [-0.39, 0.29) is 5.82 Å². The molecule has 18 heavy (non-hydrogen) atoms. The molecule has 0 atom stereocenters. The van der Waals surface area contributed by atoms with E-state index in [0.717, 1.165) is 11.3 Å². The molecule has 3 heteroatoms. The van der Waals surface area contributed by atoms with Crippen LogP contribution in [-0.4, -0.2) is 6.04 Å². The molecule has 0 aliphatic rings. The fraction of sp³-hybridized carbons (Fsp3) is 0.333. The van der Waals surface area contributed by atoms with Crippen LogP contribution in [-0.2, 0) is 6.54 Å². The Bertz CT molecular complexity index is 531. The van der Waals surface area contributed by atoms with Crippen LogP contribution in [0.15, 0.2) is 34.7 Å². The summed E-state index contributed by atoms with van der Waals surface area (Å²) in [6.07, 6.45) is 0. The predicted octanol–water partition coefficient (Wildman–Crippen LogP) is 3.89. The highest BCUT2D eigenvalue weighted by atomic mass is 19.1. The van der Waals surface area contributed by atoms with Gasteiger partial charge in [-0.1, -0.05) is 26.0 Å². The highest BCUT2D eigenvalue weighted by Crippen LogP contribution is 2.26. The second kappa shape index (κ2) is 5.36. The number of halogens is 1. The molecule has 96 valence electrons. The number of rotatable bonds is 4. The minimum absolute atomic E-state index is 0.203. The lowest BCUT2D eigenvalue weighted by molar-refractivity contribution is 0.473. The first-order valence-electron chi connectivity index (χ1n) is 6.15. The van der Waals surface area contributed by atoms with Crippen molar-refractivity contribution in [3.8, 4) is 11.3 Å². The number of benzene rings is 1. The quantitative estimate of drug-likeness (QED) is 0.886. The molecular formula is C15H18FNO. The largest absolute Gasteiger partial charge is 0.460 e. The predicted molar refractivity (Wildman–Crippen MR) is 70.8 cm³/mol. The Labute approximate surface area is 107 Å². The van der Waals surface area contributed by atoms with Crippen molar-refractivity contribution in [3.63, 3.8) is 0 Å². The lowest BCUT2D eigenvalue weighted by Crippen LogP contribution is -2.21. The van der Waals surface area contributed by atoms with Gasteiger partial charge in [0.25, 0.3) is 0 Å². The molecule has 0 radical (unpaired) electrons. The van der Waals surface area contributed by atoms with Crippen LogP contribution in [0.25, 0.3) is 11.3 Å². The van der Waals surface area contributed by atoms with Gasteiger partial charge in [0.2, 0.25) is 0 Å². The molecule has 2 nitrogen and oxygen atoms in total. The maximum Gasteiger partial charge on any atom is 0.134 e.